The molecule has 0 amide bonds. The second-order valence-electron chi connectivity index (χ2n) is 9.24. The van der Waals surface area contributed by atoms with Crippen molar-refractivity contribution in [3.8, 4) is 0 Å². The minimum Gasteiger partial charge on any atom is -0.378 e. The summed E-state index contributed by atoms with van der Waals surface area (Å²) >= 11 is 0. The summed E-state index contributed by atoms with van der Waals surface area (Å²) in [4.78, 5) is 7.61. The number of nitrogens with zero attached hydrogens (tertiary/aromatic N) is 3. The molecule has 4 nitrogen and oxygen atoms in total. The lowest BCUT2D eigenvalue weighted by Crippen LogP contribution is -2.52. The van der Waals surface area contributed by atoms with Gasteiger partial charge in [0.05, 0.1) is 24.6 Å². The first kappa shape index (κ1) is 19.9. The van der Waals surface area contributed by atoms with Crippen LogP contribution in [0.25, 0.3) is 0 Å². The number of aliphatic imine (C=N–C) groups is 1. The van der Waals surface area contributed by atoms with Crippen LogP contribution in [0.2, 0.25) is 12.6 Å². The number of fused-ring (bicyclic) bond motifs is 2. The lowest BCUT2D eigenvalue weighted by atomic mass is 10.1. The summed E-state index contributed by atoms with van der Waals surface area (Å²) in [5.41, 5.74) is 5.17. The summed E-state index contributed by atoms with van der Waals surface area (Å²) in [7, 11) is -1.85. The SMILES string of the molecule is CCC[Si]1(C)C2=CC(=[N+]3CCCCC3)C=CC2=Nc2ccc(N3CCOCC3)cc21. The molecule has 0 bridgehead atoms. The number of benzene rings is 1. The molecule has 5 rings (SSSR count). The number of allylic oxidation sites excluding steroid dienone is 4. The largest absolute Gasteiger partial charge is 0.378 e. The van der Waals surface area contributed by atoms with E-state index in [1.807, 2.05) is 0 Å². The van der Waals surface area contributed by atoms with Gasteiger partial charge in [-0.05, 0) is 47.1 Å². The minimum atomic E-state index is -1.85. The second-order valence-corrected chi connectivity index (χ2v) is 13.5. The average Bonchev–Trinajstić information content (AvgIpc) is 2.80. The van der Waals surface area contributed by atoms with Crippen LogP contribution in [0, 0.1) is 0 Å². The van der Waals surface area contributed by atoms with Crippen LogP contribution in [0.15, 0.2) is 46.6 Å². The third-order valence-electron chi connectivity index (χ3n) is 7.24. The molecule has 1 aliphatic carbocycles. The van der Waals surface area contributed by atoms with Gasteiger partial charge in [0.25, 0.3) is 0 Å². The van der Waals surface area contributed by atoms with Crippen LogP contribution in [-0.2, 0) is 4.74 Å². The van der Waals surface area contributed by atoms with Gasteiger partial charge in [0, 0.05) is 43.8 Å². The summed E-state index contributed by atoms with van der Waals surface area (Å²) in [6.07, 6.45) is 12.3. The lowest BCUT2D eigenvalue weighted by Gasteiger charge is -2.37. The van der Waals surface area contributed by atoms with Crippen molar-refractivity contribution in [1.29, 1.82) is 0 Å². The minimum absolute atomic E-state index is 0.827. The molecular formula is C25H34N3OSi+. The molecule has 30 heavy (non-hydrogen) atoms. The van der Waals surface area contributed by atoms with Gasteiger partial charge < -0.3 is 9.64 Å². The Hall–Kier alpha value is -1.98. The Balaban J connectivity index is 1.59. The first-order chi connectivity index (χ1) is 14.7. The number of piperidine rings is 1. The summed E-state index contributed by atoms with van der Waals surface area (Å²) in [5.74, 6) is 0. The van der Waals surface area contributed by atoms with Crippen LogP contribution < -0.4 is 10.1 Å². The fraction of sp³-hybridized carbons (Fsp3) is 0.520. The summed E-state index contributed by atoms with van der Waals surface area (Å²) in [5, 5.41) is 3.07. The van der Waals surface area contributed by atoms with Gasteiger partial charge in [-0.1, -0.05) is 19.9 Å². The van der Waals surface area contributed by atoms with Crippen LogP contribution in [0.1, 0.15) is 32.6 Å². The quantitative estimate of drug-likeness (QED) is 0.420. The molecule has 2 saturated heterocycles. The van der Waals surface area contributed by atoms with E-state index >= 15 is 0 Å². The van der Waals surface area contributed by atoms with Crippen LogP contribution in [0.3, 0.4) is 0 Å². The number of morpholine rings is 1. The van der Waals surface area contributed by atoms with Gasteiger partial charge in [-0.3, -0.25) is 0 Å². The molecule has 1 aromatic carbocycles. The molecule has 1 unspecified atom stereocenters. The highest BCUT2D eigenvalue weighted by atomic mass is 28.3. The molecule has 1 atom stereocenters. The van der Waals surface area contributed by atoms with E-state index in [0.29, 0.717) is 0 Å². The lowest BCUT2D eigenvalue weighted by molar-refractivity contribution is -0.535. The maximum Gasteiger partial charge on any atom is 0.199 e. The summed E-state index contributed by atoms with van der Waals surface area (Å²) in [6, 6.07) is 8.28. The first-order valence-corrected chi connectivity index (χ1v) is 14.5. The number of ether oxygens (including phenoxy) is 1. The van der Waals surface area contributed by atoms with E-state index in [2.05, 4.69) is 59.4 Å². The Morgan fingerprint density at radius 1 is 1.10 bits per heavy atom. The third-order valence-corrected chi connectivity index (χ3v) is 11.9. The molecule has 0 saturated carbocycles. The number of hydrogen-bond donors (Lipinski definition) is 0. The van der Waals surface area contributed by atoms with Crippen LogP contribution in [0.4, 0.5) is 11.4 Å². The smallest absolute Gasteiger partial charge is 0.199 e. The molecule has 0 radical (unpaired) electrons. The molecule has 5 heteroatoms. The third kappa shape index (κ3) is 3.52. The summed E-state index contributed by atoms with van der Waals surface area (Å²) < 4.78 is 8.16. The van der Waals surface area contributed by atoms with Crippen molar-refractivity contribution in [2.24, 2.45) is 4.99 Å². The van der Waals surface area contributed by atoms with Crippen molar-refractivity contribution in [1.82, 2.24) is 0 Å². The van der Waals surface area contributed by atoms with E-state index in [9.17, 15) is 0 Å². The van der Waals surface area contributed by atoms with Crippen molar-refractivity contribution in [2.75, 3.05) is 44.3 Å². The maximum absolute atomic E-state index is 5.57. The van der Waals surface area contributed by atoms with E-state index in [1.54, 1.807) is 5.20 Å². The van der Waals surface area contributed by atoms with Crippen molar-refractivity contribution in [3.05, 3.63) is 41.6 Å². The zero-order valence-electron chi connectivity index (χ0n) is 18.5. The monoisotopic (exact) mass is 420 g/mol. The molecular weight excluding hydrogens is 386 g/mol. The molecule has 158 valence electrons. The second kappa shape index (κ2) is 8.27. The van der Waals surface area contributed by atoms with E-state index in [0.717, 1.165) is 26.3 Å². The van der Waals surface area contributed by atoms with Gasteiger partial charge in [0.15, 0.2) is 5.71 Å². The normalized spacial score (nSPS) is 26.1. The van der Waals surface area contributed by atoms with Gasteiger partial charge in [-0.2, -0.15) is 0 Å². The van der Waals surface area contributed by atoms with Crippen LogP contribution >= 0.6 is 0 Å². The van der Waals surface area contributed by atoms with Crippen molar-refractivity contribution in [3.63, 3.8) is 0 Å². The molecule has 1 aromatic rings. The van der Waals surface area contributed by atoms with E-state index in [1.165, 1.54) is 72.8 Å². The zero-order chi connectivity index (χ0) is 20.6. The standard InChI is InChI=1S/C25H34N3OSi/c1-3-17-30(2)24-18-20(27-11-5-4-6-12-27)7-9-22(24)26-23-10-8-21(19-25(23)30)28-13-15-29-16-14-28/h7-10,18-19H,3-6,11-17H2,1-2H3/q+1. The zero-order valence-corrected chi connectivity index (χ0v) is 19.5. The van der Waals surface area contributed by atoms with Crippen molar-refractivity contribution >= 4 is 36.1 Å². The van der Waals surface area contributed by atoms with Gasteiger partial charge in [0.1, 0.15) is 21.2 Å². The van der Waals surface area contributed by atoms with Gasteiger partial charge in [-0.15, -0.1) is 0 Å². The Kier molecular flexibility index (Phi) is 5.50. The average molecular weight is 421 g/mol. The summed E-state index contributed by atoms with van der Waals surface area (Å²) in [6.45, 7) is 10.9. The molecule has 0 aromatic heterocycles. The predicted octanol–water partition coefficient (Wildman–Crippen LogP) is 3.98. The van der Waals surface area contributed by atoms with E-state index < -0.39 is 8.07 Å². The highest BCUT2D eigenvalue weighted by Crippen LogP contribution is 2.35. The Morgan fingerprint density at radius 2 is 1.90 bits per heavy atom. The number of hydrogen-bond acceptors (Lipinski definition) is 3. The number of anilines is 1. The van der Waals surface area contributed by atoms with E-state index in [4.69, 9.17) is 9.73 Å². The molecule has 3 aliphatic heterocycles. The van der Waals surface area contributed by atoms with Crippen molar-refractivity contribution in [2.45, 2.75) is 45.2 Å². The highest BCUT2D eigenvalue weighted by molar-refractivity contribution is 7.02. The Bertz CT molecular complexity index is 947. The Labute approximate surface area is 181 Å². The number of rotatable bonds is 3. The van der Waals surface area contributed by atoms with Crippen LogP contribution in [0.5, 0.6) is 0 Å². The maximum atomic E-state index is 5.57. The van der Waals surface area contributed by atoms with Crippen LogP contribution in [-0.4, -0.2) is 63.5 Å². The highest BCUT2D eigenvalue weighted by Gasteiger charge is 2.41. The van der Waals surface area contributed by atoms with Gasteiger partial charge >= 0.3 is 0 Å². The topological polar surface area (TPSA) is 27.8 Å². The fourth-order valence-corrected chi connectivity index (χ4v) is 9.71. The predicted molar refractivity (Wildman–Crippen MR) is 129 cm³/mol. The molecule has 4 aliphatic rings. The van der Waals surface area contributed by atoms with Gasteiger partial charge in [0.2, 0.25) is 0 Å². The van der Waals surface area contributed by atoms with Gasteiger partial charge in [-0.25, -0.2) is 9.57 Å². The molecule has 3 heterocycles. The van der Waals surface area contributed by atoms with Crippen molar-refractivity contribution < 1.29 is 9.31 Å². The molecule has 0 spiro atoms. The molecule has 2 fully saturated rings. The first-order valence-electron chi connectivity index (χ1n) is 11.8. The van der Waals surface area contributed by atoms with E-state index in [-0.39, 0.29) is 0 Å². The fourth-order valence-electron chi connectivity index (χ4n) is 5.54. The Morgan fingerprint density at radius 3 is 2.67 bits per heavy atom. The molecule has 0 N–H and O–H groups in total.